The van der Waals surface area contributed by atoms with Crippen molar-refractivity contribution in [2.24, 2.45) is 5.84 Å². The van der Waals surface area contributed by atoms with E-state index < -0.39 is 0 Å². The second-order valence-electron chi connectivity index (χ2n) is 5.03. The Morgan fingerprint density at radius 3 is 2.81 bits per heavy atom. The van der Waals surface area contributed by atoms with Crippen molar-refractivity contribution in [2.75, 3.05) is 0 Å². The lowest BCUT2D eigenvalue weighted by Gasteiger charge is -2.15. The summed E-state index contributed by atoms with van der Waals surface area (Å²) in [6, 6.07) is 15.2. The number of fused-ring (bicyclic) bond motifs is 1. The third-order valence-electron chi connectivity index (χ3n) is 3.64. The molecule has 1 atom stereocenters. The second kappa shape index (κ2) is 5.93. The number of halogens is 1. The summed E-state index contributed by atoms with van der Waals surface area (Å²) in [4.78, 5) is 1.09. The van der Waals surface area contributed by atoms with Gasteiger partial charge < -0.3 is 0 Å². The van der Waals surface area contributed by atoms with E-state index in [0.29, 0.717) is 0 Å². The maximum Gasteiger partial charge on any atom is 0.123 e. The molecule has 0 aliphatic rings. The maximum absolute atomic E-state index is 13.3. The predicted molar refractivity (Wildman–Crippen MR) is 86.8 cm³/mol. The van der Waals surface area contributed by atoms with Crippen LogP contribution in [0, 0.1) is 5.82 Å². The Kier molecular flexibility index (Phi) is 4.01. The highest BCUT2D eigenvalue weighted by Gasteiger charge is 2.16. The van der Waals surface area contributed by atoms with Crippen LogP contribution in [0.4, 0.5) is 4.39 Å². The van der Waals surface area contributed by atoms with Crippen LogP contribution in [0.2, 0.25) is 0 Å². The van der Waals surface area contributed by atoms with E-state index in [0.717, 1.165) is 26.9 Å². The molecular weight excluding hydrogens is 283 g/mol. The van der Waals surface area contributed by atoms with Gasteiger partial charge in [0.15, 0.2) is 0 Å². The number of nitrogens with two attached hydrogens (primary N) is 1. The summed E-state index contributed by atoms with van der Waals surface area (Å²) in [7, 11) is 0. The Labute approximate surface area is 127 Å². The van der Waals surface area contributed by atoms with Gasteiger partial charge in [-0.25, -0.2) is 9.82 Å². The first kappa shape index (κ1) is 14.2. The molecule has 1 heterocycles. The Hall–Kier alpha value is -1.75. The molecule has 3 aromatic rings. The van der Waals surface area contributed by atoms with Crippen molar-refractivity contribution in [1.29, 1.82) is 0 Å². The summed E-state index contributed by atoms with van der Waals surface area (Å²) in [5.41, 5.74) is 5.28. The van der Waals surface area contributed by atoms with E-state index in [1.54, 1.807) is 17.4 Å². The highest BCUT2D eigenvalue weighted by Crippen LogP contribution is 2.33. The number of benzene rings is 2. The monoisotopic (exact) mass is 300 g/mol. The first-order valence-electron chi connectivity index (χ1n) is 6.95. The fourth-order valence-corrected chi connectivity index (χ4v) is 3.65. The van der Waals surface area contributed by atoms with Crippen LogP contribution < -0.4 is 11.3 Å². The lowest BCUT2D eigenvalue weighted by molar-refractivity contribution is 0.629. The molecule has 0 fully saturated rings. The fourth-order valence-electron chi connectivity index (χ4n) is 2.51. The van der Waals surface area contributed by atoms with Crippen LogP contribution in [0.5, 0.6) is 0 Å². The molecule has 0 spiro atoms. The van der Waals surface area contributed by atoms with Crippen molar-refractivity contribution in [1.82, 2.24) is 5.43 Å². The predicted octanol–water partition coefficient (Wildman–Crippen LogP) is 4.16. The fraction of sp³-hybridized carbons (Fsp3) is 0.176. The molecule has 2 aromatic carbocycles. The molecule has 0 aliphatic heterocycles. The van der Waals surface area contributed by atoms with Crippen LogP contribution >= 0.6 is 11.3 Å². The summed E-state index contributed by atoms with van der Waals surface area (Å²) in [5.74, 6) is 5.55. The molecule has 21 heavy (non-hydrogen) atoms. The molecule has 108 valence electrons. The zero-order chi connectivity index (χ0) is 14.8. The van der Waals surface area contributed by atoms with Gasteiger partial charge in [-0.1, -0.05) is 31.2 Å². The van der Waals surface area contributed by atoms with Gasteiger partial charge in [-0.15, -0.1) is 11.3 Å². The first-order chi connectivity index (χ1) is 10.2. The van der Waals surface area contributed by atoms with Crippen LogP contribution in [0.1, 0.15) is 29.0 Å². The molecule has 1 aromatic heterocycles. The average molecular weight is 300 g/mol. The Balaban J connectivity index is 2.04. The van der Waals surface area contributed by atoms with E-state index >= 15 is 0 Å². The lowest BCUT2D eigenvalue weighted by atomic mass is 10.0. The third kappa shape index (κ3) is 2.83. The van der Waals surface area contributed by atoms with E-state index in [4.69, 9.17) is 5.84 Å². The Morgan fingerprint density at radius 2 is 2.05 bits per heavy atom. The van der Waals surface area contributed by atoms with Crippen molar-refractivity contribution < 1.29 is 4.39 Å². The van der Waals surface area contributed by atoms with E-state index in [2.05, 4.69) is 30.5 Å². The summed E-state index contributed by atoms with van der Waals surface area (Å²) >= 11 is 1.64. The quantitative estimate of drug-likeness (QED) is 0.561. The molecule has 0 amide bonds. The van der Waals surface area contributed by atoms with Crippen molar-refractivity contribution in [3.05, 3.63) is 70.4 Å². The number of thiophene rings is 1. The normalized spacial score (nSPS) is 12.7. The summed E-state index contributed by atoms with van der Waals surface area (Å²) in [6.45, 7) is 2.13. The summed E-state index contributed by atoms with van der Waals surface area (Å²) < 4.78 is 14.4. The van der Waals surface area contributed by atoms with Gasteiger partial charge >= 0.3 is 0 Å². The number of aryl methyl sites for hydroxylation is 1. The lowest BCUT2D eigenvalue weighted by Crippen LogP contribution is -2.28. The first-order valence-corrected chi connectivity index (χ1v) is 7.77. The van der Waals surface area contributed by atoms with Crippen molar-refractivity contribution in [3.63, 3.8) is 0 Å². The van der Waals surface area contributed by atoms with E-state index in [1.807, 2.05) is 18.2 Å². The smallest absolute Gasteiger partial charge is 0.123 e. The molecule has 3 rings (SSSR count). The van der Waals surface area contributed by atoms with Crippen LogP contribution in [0.3, 0.4) is 0 Å². The number of hydrazine groups is 1. The molecular formula is C17H17FN2S. The molecule has 0 saturated carbocycles. The van der Waals surface area contributed by atoms with E-state index in [9.17, 15) is 4.39 Å². The minimum Gasteiger partial charge on any atom is -0.271 e. The molecule has 0 aliphatic carbocycles. The molecule has 4 heteroatoms. The zero-order valence-electron chi connectivity index (χ0n) is 11.8. The molecule has 0 radical (unpaired) electrons. The summed E-state index contributed by atoms with van der Waals surface area (Å²) in [5, 5.41) is 0.918. The van der Waals surface area contributed by atoms with Crippen LogP contribution in [-0.4, -0.2) is 0 Å². The van der Waals surface area contributed by atoms with E-state index in [1.165, 1.54) is 11.6 Å². The van der Waals surface area contributed by atoms with Gasteiger partial charge in [0.2, 0.25) is 0 Å². The largest absolute Gasteiger partial charge is 0.271 e. The number of nitrogens with one attached hydrogen (secondary N) is 1. The number of hydrogen-bond donors (Lipinski definition) is 2. The van der Waals surface area contributed by atoms with Gasteiger partial charge in [0.25, 0.3) is 0 Å². The van der Waals surface area contributed by atoms with Crippen molar-refractivity contribution in [2.45, 2.75) is 19.4 Å². The van der Waals surface area contributed by atoms with Gasteiger partial charge in [-0.2, -0.15) is 0 Å². The Bertz CT molecular complexity index is 766. The van der Waals surface area contributed by atoms with Gasteiger partial charge in [-0.3, -0.25) is 5.84 Å². The molecule has 0 saturated heterocycles. The van der Waals surface area contributed by atoms with Gasteiger partial charge in [0, 0.05) is 9.58 Å². The molecule has 3 N–H and O–H groups in total. The third-order valence-corrected chi connectivity index (χ3v) is 4.82. The highest BCUT2D eigenvalue weighted by molar-refractivity contribution is 7.19. The van der Waals surface area contributed by atoms with E-state index in [-0.39, 0.29) is 11.9 Å². The molecule has 1 unspecified atom stereocenters. The van der Waals surface area contributed by atoms with Gasteiger partial charge in [0.05, 0.1) is 6.04 Å². The average Bonchev–Trinajstić information content (AvgIpc) is 2.91. The van der Waals surface area contributed by atoms with Crippen LogP contribution in [0.25, 0.3) is 10.1 Å². The van der Waals surface area contributed by atoms with Crippen LogP contribution in [0.15, 0.2) is 48.5 Å². The minimum absolute atomic E-state index is 0.0723. The minimum atomic E-state index is -0.211. The number of hydrogen-bond acceptors (Lipinski definition) is 3. The Morgan fingerprint density at radius 1 is 1.19 bits per heavy atom. The molecule has 0 bridgehead atoms. The second-order valence-corrected chi connectivity index (χ2v) is 6.14. The zero-order valence-corrected chi connectivity index (χ0v) is 12.6. The van der Waals surface area contributed by atoms with Crippen molar-refractivity contribution >= 4 is 21.4 Å². The number of rotatable bonds is 4. The topological polar surface area (TPSA) is 38.0 Å². The van der Waals surface area contributed by atoms with Gasteiger partial charge in [-0.05, 0) is 47.2 Å². The summed E-state index contributed by atoms with van der Waals surface area (Å²) in [6.07, 6.45) is 0.989. The highest BCUT2D eigenvalue weighted by atomic mass is 32.1. The SMILES string of the molecule is CCc1cccc(C(NN)c2cc3cc(F)ccc3s2)c1. The maximum atomic E-state index is 13.3. The van der Waals surface area contributed by atoms with Gasteiger partial charge in [0.1, 0.15) is 5.82 Å². The van der Waals surface area contributed by atoms with Crippen LogP contribution in [-0.2, 0) is 6.42 Å². The van der Waals surface area contributed by atoms with Crippen molar-refractivity contribution in [3.8, 4) is 0 Å². The molecule has 2 nitrogen and oxygen atoms in total. The standard InChI is InChI=1S/C17H17FN2S/c1-2-11-4-3-5-12(8-11)17(20-19)16-10-13-9-14(18)6-7-15(13)21-16/h3-10,17,20H,2,19H2,1H3.